The van der Waals surface area contributed by atoms with Crippen LogP contribution in [0.1, 0.15) is 30.7 Å². The Labute approximate surface area is 89.7 Å². The predicted molar refractivity (Wildman–Crippen MR) is 58.6 cm³/mol. The van der Waals surface area contributed by atoms with Gasteiger partial charge in [0, 0.05) is 11.6 Å². The van der Waals surface area contributed by atoms with E-state index < -0.39 is 0 Å². The number of hydrogen-bond donors (Lipinski definition) is 1. The molecule has 0 radical (unpaired) electrons. The zero-order chi connectivity index (χ0) is 9.97. The standard InChI is InChI=1S/C12H15ClO/c13-12-5-3-10(4-6-12)11-2-1-9(7-11)8-14/h3-6,9,11,14H,1-2,7-8H2. The van der Waals surface area contributed by atoms with Crippen molar-refractivity contribution >= 4 is 11.6 Å². The van der Waals surface area contributed by atoms with Crippen LogP contribution in [0.3, 0.4) is 0 Å². The molecule has 0 amide bonds. The fourth-order valence-corrected chi connectivity index (χ4v) is 2.40. The van der Waals surface area contributed by atoms with Crippen molar-refractivity contribution in [1.82, 2.24) is 0 Å². The van der Waals surface area contributed by atoms with Crippen molar-refractivity contribution in [3.63, 3.8) is 0 Å². The van der Waals surface area contributed by atoms with Gasteiger partial charge in [0.25, 0.3) is 0 Å². The minimum Gasteiger partial charge on any atom is -0.396 e. The maximum Gasteiger partial charge on any atom is 0.0459 e. The van der Waals surface area contributed by atoms with E-state index in [0.29, 0.717) is 18.4 Å². The first-order valence-electron chi connectivity index (χ1n) is 5.16. The van der Waals surface area contributed by atoms with Crippen molar-refractivity contribution in [1.29, 1.82) is 0 Å². The second-order valence-electron chi connectivity index (χ2n) is 4.11. The molecule has 76 valence electrons. The summed E-state index contributed by atoms with van der Waals surface area (Å²) in [6, 6.07) is 8.10. The normalized spacial score (nSPS) is 26.7. The second-order valence-corrected chi connectivity index (χ2v) is 4.55. The number of benzene rings is 1. The lowest BCUT2D eigenvalue weighted by atomic mass is 9.97. The van der Waals surface area contributed by atoms with Gasteiger partial charge in [0.05, 0.1) is 0 Å². The third kappa shape index (κ3) is 2.10. The zero-order valence-corrected chi connectivity index (χ0v) is 8.87. The highest BCUT2D eigenvalue weighted by atomic mass is 35.5. The first kappa shape index (κ1) is 10.0. The van der Waals surface area contributed by atoms with E-state index in [1.165, 1.54) is 12.0 Å². The van der Waals surface area contributed by atoms with E-state index in [0.717, 1.165) is 17.9 Å². The van der Waals surface area contributed by atoms with Crippen LogP contribution < -0.4 is 0 Å². The highest BCUT2D eigenvalue weighted by Crippen LogP contribution is 2.38. The minimum atomic E-state index is 0.337. The molecule has 1 aromatic carbocycles. The summed E-state index contributed by atoms with van der Waals surface area (Å²) in [5.41, 5.74) is 1.37. The Morgan fingerprint density at radius 2 is 1.93 bits per heavy atom. The smallest absolute Gasteiger partial charge is 0.0459 e. The van der Waals surface area contributed by atoms with Crippen molar-refractivity contribution in [3.8, 4) is 0 Å². The summed E-state index contributed by atoms with van der Waals surface area (Å²) in [5, 5.41) is 9.85. The molecule has 0 saturated heterocycles. The Kier molecular flexibility index (Phi) is 3.09. The van der Waals surface area contributed by atoms with Crippen LogP contribution in [-0.2, 0) is 0 Å². The molecule has 2 atom stereocenters. The monoisotopic (exact) mass is 210 g/mol. The van der Waals surface area contributed by atoms with E-state index in [1.54, 1.807) is 0 Å². The van der Waals surface area contributed by atoms with Gasteiger partial charge in [-0.15, -0.1) is 0 Å². The van der Waals surface area contributed by atoms with E-state index in [9.17, 15) is 0 Å². The molecule has 0 aliphatic heterocycles. The molecule has 1 nitrogen and oxygen atoms in total. The van der Waals surface area contributed by atoms with Crippen molar-refractivity contribution in [2.45, 2.75) is 25.2 Å². The summed E-state index contributed by atoms with van der Waals surface area (Å²) in [5.74, 6) is 1.14. The van der Waals surface area contributed by atoms with E-state index in [1.807, 2.05) is 12.1 Å². The van der Waals surface area contributed by atoms with Gasteiger partial charge in [0.15, 0.2) is 0 Å². The van der Waals surface area contributed by atoms with Crippen molar-refractivity contribution in [2.75, 3.05) is 6.61 Å². The van der Waals surface area contributed by atoms with Gasteiger partial charge in [-0.3, -0.25) is 0 Å². The lowest BCUT2D eigenvalue weighted by molar-refractivity contribution is 0.229. The summed E-state index contributed by atoms with van der Waals surface area (Å²) in [6.07, 6.45) is 3.48. The lowest BCUT2D eigenvalue weighted by Crippen LogP contribution is -2.00. The third-order valence-corrected chi connectivity index (χ3v) is 3.39. The van der Waals surface area contributed by atoms with Gasteiger partial charge in [0.2, 0.25) is 0 Å². The number of aliphatic hydroxyl groups excluding tert-OH is 1. The maximum atomic E-state index is 9.05. The highest BCUT2D eigenvalue weighted by molar-refractivity contribution is 6.30. The Bertz CT molecular complexity index is 294. The Morgan fingerprint density at radius 1 is 1.21 bits per heavy atom. The van der Waals surface area contributed by atoms with Gasteiger partial charge in [0.1, 0.15) is 0 Å². The van der Waals surface area contributed by atoms with Crippen LogP contribution in [0.4, 0.5) is 0 Å². The average molecular weight is 211 g/mol. The molecule has 1 saturated carbocycles. The molecule has 0 aromatic heterocycles. The summed E-state index contributed by atoms with van der Waals surface area (Å²) < 4.78 is 0. The second kappa shape index (κ2) is 4.33. The Morgan fingerprint density at radius 3 is 2.50 bits per heavy atom. The van der Waals surface area contributed by atoms with Crippen LogP contribution in [0.5, 0.6) is 0 Å². The SMILES string of the molecule is OCC1CCC(c2ccc(Cl)cc2)C1. The van der Waals surface area contributed by atoms with Crippen molar-refractivity contribution in [2.24, 2.45) is 5.92 Å². The van der Waals surface area contributed by atoms with Gasteiger partial charge in [-0.05, 0) is 48.8 Å². The molecule has 1 aliphatic rings. The van der Waals surface area contributed by atoms with Crippen LogP contribution in [0, 0.1) is 5.92 Å². The first-order valence-corrected chi connectivity index (χ1v) is 5.53. The molecular formula is C12H15ClO. The fraction of sp³-hybridized carbons (Fsp3) is 0.500. The van der Waals surface area contributed by atoms with Crippen LogP contribution >= 0.6 is 11.6 Å². The number of rotatable bonds is 2. The number of halogens is 1. The fourth-order valence-electron chi connectivity index (χ4n) is 2.28. The Balaban J connectivity index is 2.06. The predicted octanol–water partition coefficient (Wildman–Crippen LogP) is 3.22. The highest BCUT2D eigenvalue weighted by Gasteiger charge is 2.24. The lowest BCUT2D eigenvalue weighted by Gasteiger charge is -2.10. The topological polar surface area (TPSA) is 20.2 Å². The first-order chi connectivity index (χ1) is 6.79. The molecule has 0 bridgehead atoms. The van der Waals surface area contributed by atoms with Gasteiger partial charge >= 0.3 is 0 Å². The minimum absolute atomic E-state index is 0.337. The van der Waals surface area contributed by atoms with Gasteiger partial charge in [-0.2, -0.15) is 0 Å². The van der Waals surface area contributed by atoms with Crippen LogP contribution in [0.15, 0.2) is 24.3 Å². The van der Waals surface area contributed by atoms with E-state index in [4.69, 9.17) is 16.7 Å². The molecule has 0 heterocycles. The van der Waals surface area contributed by atoms with Gasteiger partial charge in [-0.1, -0.05) is 23.7 Å². The summed E-state index contributed by atoms with van der Waals surface area (Å²) in [4.78, 5) is 0. The zero-order valence-electron chi connectivity index (χ0n) is 8.12. The third-order valence-electron chi connectivity index (χ3n) is 3.14. The van der Waals surface area contributed by atoms with E-state index in [2.05, 4.69) is 12.1 Å². The number of aliphatic hydroxyl groups is 1. The molecule has 1 fully saturated rings. The molecule has 14 heavy (non-hydrogen) atoms. The Hall–Kier alpha value is -0.530. The summed E-state index contributed by atoms with van der Waals surface area (Å²) in [7, 11) is 0. The van der Waals surface area contributed by atoms with Gasteiger partial charge < -0.3 is 5.11 Å². The molecule has 1 aliphatic carbocycles. The van der Waals surface area contributed by atoms with E-state index >= 15 is 0 Å². The van der Waals surface area contributed by atoms with Crippen LogP contribution in [0.25, 0.3) is 0 Å². The molecule has 1 N–H and O–H groups in total. The van der Waals surface area contributed by atoms with Gasteiger partial charge in [-0.25, -0.2) is 0 Å². The molecule has 1 aromatic rings. The van der Waals surface area contributed by atoms with Crippen molar-refractivity contribution < 1.29 is 5.11 Å². The molecular weight excluding hydrogens is 196 g/mol. The maximum absolute atomic E-state index is 9.05. The molecule has 0 spiro atoms. The largest absolute Gasteiger partial charge is 0.396 e. The van der Waals surface area contributed by atoms with Crippen LogP contribution in [-0.4, -0.2) is 11.7 Å². The quantitative estimate of drug-likeness (QED) is 0.795. The summed E-state index contributed by atoms with van der Waals surface area (Å²) >= 11 is 5.83. The number of hydrogen-bond acceptors (Lipinski definition) is 1. The molecule has 2 heteroatoms. The van der Waals surface area contributed by atoms with E-state index in [-0.39, 0.29) is 0 Å². The van der Waals surface area contributed by atoms with Crippen LogP contribution in [0.2, 0.25) is 5.02 Å². The summed E-state index contributed by atoms with van der Waals surface area (Å²) in [6.45, 7) is 0.337. The van der Waals surface area contributed by atoms with Crippen molar-refractivity contribution in [3.05, 3.63) is 34.9 Å². The molecule has 2 unspecified atom stereocenters. The molecule has 2 rings (SSSR count). The average Bonchev–Trinajstić information content (AvgIpc) is 2.67.